The van der Waals surface area contributed by atoms with Crippen LogP contribution in [0.2, 0.25) is 0 Å². The van der Waals surface area contributed by atoms with Gasteiger partial charge in [-0.05, 0) is 37.0 Å². The smallest absolute Gasteiger partial charge is 0.257 e. The van der Waals surface area contributed by atoms with E-state index >= 15 is 0 Å². The van der Waals surface area contributed by atoms with Crippen LogP contribution in [0.25, 0.3) is 0 Å². The first kappa shape index (κ1) is 19.3. The summed E-state index contributed by atoms with van der Waals surface area (Å²) in [7, 11) is 1.59. The molecule has 138 valence electrons. The minimum atomic E-state index is -0.0122. The van der Waals surface area contributed by atoms with Gasteiger partial charge in [0.2, 0.25) is 5.91 Å². The molecule has 1 aromatic carbocycles. The van der Waals surface area contributed by atoms with E-state index < -0.39 is 0 Å². The molecule has 1 saturated heterocycles. The Morgan fingerprint density at radius 2 is 1.64 bits per heavy atom. The van der Waals surface area contributed by atoms with Crippen LogP contribution in [0, 0.1) is 5.92 Å². The molecule has 1 aromatic rings. The molecule has 0 atom stereocenters. The summed E-state index contributed by atoms with van der Waals surface area (Å²) in [4.78, 5) is 29.1. The molecule has 1 fully saturated rings. The third-order valence-electron chi connectivity index (χ3n) is 5.12. The summed E-state index contributed by atoms with van der Waals surface area (Å²) >= 11 is 0. The molecule has 0 aromatic heterocycles. The number of hydrogen-bond acceptors (Lipinski definition) is 3. The summed E-state index contributed by atoms with van der Waals surface area (Å²) in [6.07, 6.45) is 2.62. The predicted octanol–water partition coefficient (Wildman–Crippen LogP) is 2.98. The van der Waals surface area contributed by atoms with Crippen LogP contribution >= 0.6 is 0 Å². The van der Waals surface area contributed by atoms with E-state index in [4.69, 9.17) is 4.74 Å². The van der Waals surface area contributed by atoms with Crippen LogP contribution < -0.4 is 4.74 Å². The van der Waals surface area contributed by atoms with Crippen molar-refractivity contribution in [1.82, 2.24) is 9.80 Å². The third kappa shape index (κ3) is 4.33. The number of aryl methyl sites for hydroxylation is 1. The van der Waals surface area contributed by atoms with Gasteiger partial charge in [0.1, 0.15) is 5.75 Å². The lowest BCUT2D eigenvalue weighted by atomic mass is 10.0. The summed E-state index contributed by atoms with van der Waals surface area (Å²) in [6, 6.07) is 5.77. The highest BCUT2D eigenvalue weighted by molar-refractivity contribution is 5.97. The molecule has 0 aliphatic carbocycles. The van der Waals surface area contributed by atoms with E-state index in [1.54, 1.807) is 7.11 Å². The van der Waals surface area contributed by atoms with Crippen LogP contribution in [-0.4, -0.2) is 54.9 Å². The second-order valence-corrected chi connectivity index (χ2v) is 6.52. The second-order valence-electron chi connectivity index (χ2n) is 6.52. The molecule has 5 nitrogen and oxygen atoms in total. The molecular formula is C20H30N2O3. The predicted molar refractivity (Wildman–Crippen MR) is 98.9 cm³/mol. The quantitative estimate of drug-likeness (QED) is 0.796. The maximum Gasteiger partial charge on any atom is 0.257 e. The summed E-state index contributed by atoms with van der Waals surface area (Å²) in [5.41, 5.74) is 1.73. The topological polar surface area (TPSA) is 49.9 Å². The number of carbonyl (C=O) groups excluding carboxylic acids is 2. The van der Waals surface area contributed by atoms with Gasteiger partial charge >= 0.3 is 0 Å². The van der Waals surface area contributed by atoms with Crippen molar-refractivity contribution in [1.29, 1.82) is 0 Å². The fraction of sp³-hybridized carbons (Fsp3) is 0.600. The van der Waals surface area contributed by atoms with Gasteiger partial charge in [0.05, 0.1) is 12.7 Å². The largest absolute Gasteiger partial charge is 0.496 e. The van der Waals surface area contributed by atoms with E-state index in [2.05, 4.69) is 20.8 Å². The Morgan fingerprint density at radius 1 is 1.04 bits per heavy atom. The molecule has 2 amide bonds. The molecule has 1 heterocycles. The molecule has 1 aliphatic rings. The van der Waals surface area contributed by atoms with Crippen molar-refractivity contribution in [3.05, 3.63) is 29.3 Å². The SMILES string of the molecule is CCc1ccc(OC)c(C(=O)N2CCN(C(=O)C(CC)CC)CC2)c1. The Kier molecular flexibility index (Phi) is 6.85. The number of piperazine rings is 1. The normalized spacial score (nSPS) is 14.8. The van der Waals surface area contributed by atoms with E-state index in [-0.39, 0.29) is 17.7 Å². The minimum absolute atomic E-state index is 0.0122. The van der Waals surface area contributed by atoms with Crippen molar-refractivity contribution in [2.24, 2.45) is 5.92 Å². The molecule has 0 unspecified atom stereocenters. The molecule has 0 radical (unpaired) electrons. The van der Waals surface area contributed by atoms with Crippen molar-refractivity contribution in [3.63, 3.8) is 0 Å². The molecule has 1 aliphatic heterocycles. The highest BCUT2D eigenvalue weighted by atomic mass is 16.5. The Morgan fingerprint density at radius 3 is 2.16 bits per heavy atom. The number of hydrogen-bond donors (Lipinski definition) is 0. The van der Waals surface area contributed by atoms with Crippen LogP contribution in [0.3, 0.4) is 0 Å². The van der Waals surface area contributed by atoms with Crippen molar-refractivity contribution in [3.8, 4) is 5.75 Å². The Labute approximate surface area is 150 Å². The van der Waals surface area contributed by atoms with Gasteiger partial charge < -0.3 is 14.5 Å². The maximum atomic E-state index is 12.9. The van der Waals surface area contributed by atoms with Gasteiger partial charge in [0.25, 0.3) is 5.91 Å². The van der Waals surface area contributed by atoms with Gasteiger partial charge in [-0.25, -0.2) is 0 Å². The Hall–Kier alpha value is -2.04. The number of carbonyl (C=O) groups is 2. The van der Waals surface area contributed by atoms with Crippen LogP contribution in [0.1, 0.15) is 49.5 Å². The third-order valence-corrected chi connectivity index (χ3v) is 5.12. The van der Waals surface area contributed by atoms with Gasteiger partial charge in [-0.15, -0.1) is 0 Å². The van der Waals surface area contributed by atoms with Crippen molar-refractivity contribution < 1.29 is 14.3 Å². The number of rotatable bonds is 6. The zero-order valence-electron chi connectivity index (χ0n) is 15.9. The number of ether oxygens (including phenoxy) is 1. The zero-order chi connectivity index (χ0) is 18.4. The first-order valence-electron chi connectivity index (χ1n) is 9.30. The highest BCUT2D eigenvalue weighted by Crippen LogP contribution is 2.23. The van der Waals surface area contributed by atoms with E-state index in [1.165, 1.54) is 0 Å². The molecule has 0 N–H and O–H groups in total. The molecule has 5 heteroatoms. The molecule has 2 rings (SSSR count). The first-order valence-corrected chi connectivity index (χ1v) is 9.30. The lowest BCUT2D eigenvalue weighted by Crippen LogP contribution is -2.52. The van der Waals surface area contributed by atoms with E-state index in [0.717, 1.165) is 24.8 Å². The van der Waals surface area contributed by atoms with E-state index in [1.807, 2.05) is 28.0 Å². The standard InChI is InChI=1S/C20H30N2O3/c1-5-15-8-9-18(25-4)17(14-15)20(24)22-12-10-21(11-13-22)19(23)16(6-2)7-3/h8-9,14,16H,5-7,10-13H2,1-4H3. The van der Waals surface area contributed by atoms with E-state index in [9.17, 15) is 9.59 Å². The van der Waals surface area contributed by atoms with Gasteiger partial charge in [0.15, 0.2) is 0 Å². The van der Waals surface area contributed by atoms with Crippen LogP contribution in [-0.2, 0) is 11.2 Å². The van der Waals surface area contributed by atoms with Gasteiger partial charge in [-0.2, -0.15) is 0 Å². The van der Waals surface area contributed by atoms with Crippen LogP contribution in [0.5, 0.6) is 5.75 Å². The van der Waals surface area contributed by atoms with Gasteiger partial charge in [0, 0.05) is 32.1 Å². The molecule has 0 spiro atoms. The van der Waals surface area contributed by atoms with Gasteiger partial charge in [-0.1, -0.05) is 26.8 Å². The van der Waals surface area contributed by atoms with Crippen molar-refractivity contribution >= 4 is 11.8 Å². The van der Waals surface area contributed by atoms with Crippen molar-refractivity contribution in [2.75, 3.05) is 33.3 Å². The number of nitrogens with zero attached hydrogens (tertiary/aromatic N) is 2. The summed E-state index contributed by atoms with van der Waals surface area (Å²) in [5.74, 6) is 0.922. The molecule has 0 bridgehead atoms. The zero-order valence-corrected chi connectivity index (χ0v) is 15.9. The number of amides is 2. The fourth-order valence-electron chi connectivity index (χ4n) is 3.34. The lowest BCUT2D eigenvalue weighted by molar-refractivity contribution is -0.137. The summed E-state index contributed by atoms with van der Waals surface area (Å²) in [6.45, 7) is 8.54. The summed E-state index contributed by atoms with van der Waals surface area (Å²) in [5, 5.41) is 0. The number of benzene rings is 1. The minimum Gasteiger partial charge on any atom is -0.496 e. The Balaban J connectivity index is 2.05. The molecular weight excluding hydrogens is 316 g/mol. The average molecular weight is 346 g/mol. The molecule has 25 heavy (non-hydrogen) atoms. The highest BCUT2D eigenvalue weighted by Gasteiger charge is 2.28. The lowest BCUT2D eigenvalue weighted by Gasteiger charge is -2.36. The first-order chi connectivity index (χ1) is 12.0. The van der Waals surface area contributed by atoms with Crippen LogP contribution in [0.4, 0.5) is 0 Å². The van der Waals surface area contributed by atoms with Crippen molar-refractivity contribution in [2.45, 2.75) is 40.0 Å². The number of methoxy groups -OCH3 is 1. The average Bonchev–Trinajstić information content (AvgIpc) is 2.67. The second kappa shape index (κ2) is 8.88. The maximum absolute atomic E-state index is 12.9. The van der Waals surface area contributed by atoms with Gasteiger partial charge in [-0.3, -0.25) is 9.59 Å². The fourth-order valence-corrected chi connectivity index (χ4v) is 3.34. The summed E-state index contributed by atoms with van der Waals surface area (Å²) < 4.78 is 5.36. The van der Waals surface area contributed by atoms with Crippen LogP contribution in [0.15, 0.2) is 18.2 Å². The Bertz CT molecular complexity index is 603. The van der Waals surface area contributed by atoms with E-state index in [0.29, 0.717) is 37.5 Å². The monoisotopic (exact) mass is 346 g/mol. The molecule has 0 saturated carbocycles.